The molecule has 0 bridgehead atoms. The summed E-state index contributed by atoms with van der Waals surface area (Å²) in [4.78, 5) is 47.1. The summed E-state index contributed by atoms with van der Waals surface area (Å²) < 4.78 is 0. The van der Waals surface area contributed by atoms with Crippen LogP contribution < -0.4 is 10.9 Å². The highest BCUT2D eigenvalue weighted by molar-refractivity contribution is 5.88. The molecule has 2 aromatic carbocycles. The minimum atomic E-state index is -0.806. The number of para-hydroxylation sites is 1. The van der Waals surface area contributed by atoms with Crippen LogP contribution in [0.1, 0.15) is 44.6 Å². The van der Waals surface area contributed by atoms with Gasteiger partial charge >= 0.3 is 0 Å². The third kappa shape index (κ3) is 5.57. The minimum absolute atomic E-state index is 0.138. The number of rotatable bonds is 8. The molecule has 0 spiro atoms. The molecule has 162 valence electrons. The maximum atomic E-state index is 13.4. The van der Waals surface area contributed by atoms with Crippen molar-refractivity contribution in [1.82, 2.24) is 20.2 Å². The van der Waals surface area contributed by atoms with E-state index in [0.29, 0.717) is 35.3 Å². The molecule has 0 aliphatic carbocycles. The minimum Gasteiger partial charge on any atom is -0.341 e. The Morgan fingerprint density at radius 2 is 1.74 bits per heavy atom. The molecular formula is C24H28N4O3. The van der Waals surface area contributed by atoms with E-state index in [1.807, 2.05) is 57.2 Å². The summed E-state index contributed by atoms with van der Waals surface area (Å²) in [6.45, 7) is 6.31. The summed E-state index contributed by atoms with van der Waals surface area (Å²) in [5, 5.41) is 3.39. The fourth-order valence-corrected chi connectivity index (χ4v) is 3.44. The van der Waals surface area contributed by atoms with Crippen LogP contribution in [-0.2, 0) is 16.1 Å². The first-order chi connectivity index (χ1) is 14.9. The number of nitrogens with one attached hydrogen (secondary N) is 2. The summed E-state index contributed by atoms with van der Waals surface area (Å²) in [7, 11) is 0. The van der Waals surface area contributed by atoms with E-state index in [-0.39, 0.29) is 29.8 Å². The molecule has 0 radical (unpaired) electrons. The molecule has 0 aliphatic heterocycles. The molecule has 0 saturated heterocycles. The number of likely N-dealkylation sites (N-methyl/N-ethyl adjacent to an activating group) is 1. The quantitative estimate of drug-likeness (QED) is 0.585. The Hall–Kier alpha value is -3.48. The zero-order valence-corrected chi connectivity index (χ0v) is 18.1. The second-order valence-corrected chi connectivity index (χ2v) is 7.89. The fraction of sp³-hybridized carbons (Fsp3) is 0.333. The van der Waals surface area contributed by atoms with Gasteiger partial charge in [-0.15, -0.1) is 0 Å². The summed E-state index contributed by atoms with van der Waals surface area (Å²) in [5.74, 6) is 0.159. The topological polar surface area (TPSA) is 95.2 Å². The van der Waals surface area contributed by atoms with Crippen molar-refractivity contribution in [3.05, 3.63) is 76.3 Å². The van der Waals surface area contributed by atoms with E-state index in [2.05, 4.69) is 15.3 Å². The van der Waals surface area contributed by atoms with Crippen molar-refractivity contribution < 1.29 is 9.59 Å². The van der Waals surface area contributed by atoms with Crippen molar-refractivity contribution in [2.24, 2.45) is 5.92 Å². The molecule has 0 aliphatic rings. The van der Waals surface area contributed by atoms with Crippen LogP contribution in [0.3, 0.4) is 0 Å². The Morgan fingerprint density at radius 3 is 2.42 bits per heavy atom. The van der Waals surface area contributed by atoms with E-state index in [9.17, 15) is 14.4 Å². The highest BCUT2D eigenvalue weighted by Crippen LogP contribution is 2.18. The van der Waals surface area contributed by atoms with Crippen LogP contribution in [-0.4, -0.2) is 33.2 Å². The van der Waals surface area contributed by atoms with Crippen molar-refractivity contribution >= 4 is 22.7 Å². The number of hydrogen-bond acceptors (Lipinski definition) is 4. The fourth-order valence-electron chi connectivity index (χ4n) is 3.44. The molecule has 1 aromatic heterocycles. The van der Waals surface area contributed by atoms with Crippen LogP contribution in [0, 0.1) is 5.92 Å². The summed E-state index contributed by atoms with van der Waals surface area (Å²) in [5.41, 5.74) is 1.05. The van der Waals surface area contributed by atoms with E-state index >= 15 is 0 Å². The molecule has 3 aromatic rings. The Bertz CT molecular complexity index is 1110. The number of aromatic amines is 1. The number of aromatic nitrogens is 2. The van der Waals surface area contributed by atoms with Gasteiger partial charge in [0, 0.05) is 13.0 Å². The third-order valence-corrected chi connectivity index (χ3v) is 4.97. The summed E-state index contributed by atoms with van der Waals surface area (Å²) in [6.07, 6.45) is 0.336. The molecule has 3 rings (SSSR count). The molecule has 2 amide bonds. The first kappa shape index (κ1) is 22.2. The zero-order chi connectivity index (χ0) is 22.4. The summed E-state index contributed by atoms with van der Waals surface area (Å²) in [6, 6.07) is 15.5. The third-order valence-electron chi connectivity index (χ3n) is 4.97. The van der Waals surface area contributed by atoms with Gasteiger partial charge in [0.1, 0.15) is 11.9 Å². The summed E-state index contributed by atoms with van der Waals surface area (Å²) >= 11 is 0. The van der Waals surface area contributed by atoms with Gasteiger partial charge in [-0.05, 0) is 30.5 Å². The number of hydrogen-bond donors (Lipinski definition) is 2. The normalized spacial score (nSPS) is 12.0. The molecule has 0 fully saturated rings. The zero-order valence-electron chi connectivity index (χ0n) is 18.1. The lowest BCUT2D eigenvalue weighted by molar-refractivity contribution is -0.137. The van der Waals surface area contributed by atoms with E-state index in [1.54, 1.807) is 23.1 Å². The molecule has 1 atom stereocenters. The number of benzene rings is 2. The molecule has 0 saturated carbocycles. The van der Waals surface area contributed by atoms with Crippen molar-refractivity contribution in [3.63, 3.8) is 0 Å². The average Bonchev–Trinajstić information content (AvgIpc) is 2.75. The number of nitrogens with zero attached hydrogens (tertiary/aromatic N) is 2. The maximum Gasteiger partial charge on any atom is 0.258 e. The standard InChI is InChI=1S/C24H28N4O3/c1-4-28(15-20-25-19-13-9-8-12-18(19)23(30)26-20)24(31)22(17-10-6-5-7-11-17)27-21(29)14-16(2)3/h5-13,16,22H,4,14-15H2,1-3H3,(H,27,29)(H,25,26,30). The van der Waals surface area contributed by atoms with Crippen molar-refractivity contribution in [1.29, 1.82) is 0 Å². The number of H-pyrrole nitrogens is 1. The molecule has 31 heavy (non-hydrogen) atoms. The maximum absolute atomic E-state index is 13.4. The van der Waals surface area contributed by atoms with Crippen LogP contribution in [0.4, 0.5) is 0 Å². The average molecular weight is 421 g/mol. The van der Waals surface area contributed by atoms with Crippen LogP contribution in [0.2, 0.25) is 0 Å². The van der Waals surface area contributed by atoms with Gasteiger partial charge in [0.05, 0.1) is 17.4 Å². The molecule has 7 nitrogen and oxygen atoms in total. The van der Waals surface area contributed by atoms with Crippen LogP contribution >= 0.6 is 0 Å². The van der Waals surface area contributed by atoms with E-state index in [0.717, 1.165) is 0 Å². The molecule has 1 unspecified atom stereocenters. The van der Waals surface area contributed by atoms with Gasteiger partial charge in [-0.2, -0.15) is 0 Å². The second kappa shape index (κ2) is 10.0. The lowest BCUT2D eigenvalue weighted by Crippen LogP contribution is -2.43. The van der Waals surface area contributed by atoms with Crippen molar-refractivity contribution in [2.45, 2.75) is 39.8 Å². The van der Waals surface area contributed by atoms with E-state index in [4.69, 9.17) is 0 Å². The number of carbonyl (C=O) groups is 2. The van der Waals surface area contributed by atoms with Gasteiger partial charge in [0.15, 0.2) is 0 Å². The highest BCUT2D eigenvalue weighted by atomic mass is 16.2. The lowest BCUT2D eigenvalue weighted by Gasteiger charge is -2.27. The van der Waals surface area contributed by atoms with Gasteiger partial charge in [0.2, 0.25) is 11.8 Å². The molecule has 7 heteroatoms. The SMILES string of the molecule is CCN(Cc1nc2ccccc2c(=O)[nH]1)C(=O)C(NC(=O)CC(C)C)c1ccccc1. The van der Waals surface area contributed by atoms with Gasteiger partial charge in [-0.25, -0.2) is 4.98 Å². The van der Waals surface area contributed by atoms with Gasteiger partial charge < -0.3 is 15.2 Å². The second-order valence-electron chi connectivity index (χ2n) is 7.89. The van der Waals surface area contributed by atoms with Gasteiger partial charge in [-0.3, -0.25) is 14.4 Å². The molecule has 1 heterocycles. The van der Waals surface area contributed by atoms with Crippen molar-refractivity contribution in [2.75, 3.05) is 6.54 Å². The smallest absolute Gasteiger partial charge is 0.258 e. The first-order valence-electron chi connectivity index (χ1n) is 10.5. The van der Waals surface area contributed by atoms with E-state index in [1.165, 1.54) is 0 Å². The van der Waals surface area contributed by atoms with Crippen LogP contribution in [0.15, 0.2) is 59.4 Å². The Labute approximate surface area is 181 Å². The number of amides is 2. The first-order valence-corrected chi connectivity index (χ1v) is 10.5. The van der Waals surface area contributed by atoms with Crippen molar-refractivity contribution in [3.8, 4) is 0 Å². The molecule has 2 N–H and O–H groups in total. The Morgan fingerprint density at radius 1 is 1.06 bits per heavy atom. The highest BCUT2D eigenvalue weighted by Gasteiger charge is 2.27. The Balaban J connectivity index is 1.88. The lowest BCUT2D eigenvalue weighted by atomic mass is 10.0. The van der Waals surface area contributed by atoms with E-state index < -0.39 is 6.04 Å². The predicted molar refractivity (Wildman–Crippen MR) is 120 cm³/mol. The predicted octanol–water partition coefficient (Wildman–Crippen LogP) is 3.18. The van der Waals surface area contributed by atoms with Crippen LogP contribution in [0.25, 0.3) is 10.9 Å². The number of fused-ring (bicyclic) bond motifs is 1. The monoisotopic (exact) mass is 420 g/mol. The molecular weight excluding hydrogens is 392 g/mol. The van der Waals surface area contributed by atoms with Gasteiger partial charge in [0.25, 0.3) is 5.56 Å². The van der Waals surface area contributed by atoms with Crippen LogP contribution in [0.5, 0.6) is 0 Å². The largest absolute Gasteiger partial charge is 0.341 e. The van der Waals surface area contributed by atoms with Gasteiger partial charge in [-0.1, -0.05) is 56.3 Å². The Kier molecular flexibility index (Phi) is 7.18. The number of carbonyl (C=O) groups excluding carboxylic acids is 2.